The van der Waals surface area contributed by atoms with Crippen molar-refractivity contribution in [3.8, 4) is 0 Å². The van der Waals surface area contributed by atoms with Crippen molar-refractivity contribution in [2.75, 3.05) is 11.5 Å². The van der Waals surface area contributed by atoms with Crippen LogP contribution >= 0.6 is 0 Å². The van der Waals surface area contributed by atoms with E-state index in [-0.39, 0.29) is 5.41 Å². The van der Waals surface area contributed by atoms with Gasteiger partial charge in [0.25, 0.3) is 0 Å². The largest absolute Gasteiger partial charge is 0.399 e. The van der Waals surface area contributed by atoms with Crippen LogP contribution in [0.4, 0.5) is 11.4 Å². The van der Waals surface area contributed by atoms with Crippen LogP contribution in [-0.4, -0.2) is 0 Å². The van der Waals surface area contributed by atoms with E-state index < -0.39 is 0 Å². The molecule has 0 heterocycles. The highest BCUT2D eigenvalue weighted by molar-refractivity contribution is 5.47. The van der Waals surface area contributed by atoms with Crippen molar-refractivity contribution in [2.24, 2.45) is 5.92 Å². The summed E-state index contributed by atoms with van der Waals surface area (Å²) in [6.45, 7) is 7.00. The summed E-state index contributed by atoms with van der Waals surface area (Å²) in [4.78, 5) is 0. The Morgan fingerprint density at radius 2 is 0.867 bits per heavy atom. The molecule has 4 aromatic carbocycles. The zero-order chi connectivity index (χ0) is 31.6. The van der Waals surface area contributed by atoms with E-state index in [1.54, 1.807) is 0 Å². The summed E-state index contributed by atoms with van der Waals surface area (Å²) in [7, 11) is 0. The molecule has 4 N–H and O–H groups in total. The van der Waals surface area contributed by atoms with Crippen LogP contribution in [0, 0.1) is 5.92 Å². The number of nitrogens with two attached hydrogens (primary N) is 2. The van der Waals surface area contributed by atoms with Gasteiger partial charge in [-0.25, -0.2) is 0 Å². The summed E-state index contributed by atoms with van der Waals surface area (Å²) >= 11 is 0. The van der Waals surface area contributed by atoms with Crippen molar-refractivity contribution in [3.63, 3.8) is 0 Å². The number of hydrogen-bond donors (Lipinski definition) is 2. The summed E-state index contributed by atoms with van der Waals surface area (Å²) in [5.41, 5.74) is 22.4. The Morgan fingerprint density at radius 1 is 0.533 bits per heavy atom. The van der Waals surface area contributed by atoms with Crippen LogP contribution < -0.4 is 11.5 Å². The Labute approximate surface area is 273 Å². The van der Waals surface area contributed by atoms with Gasteiger partial charge < -0.3 is 11.5 Å². The molecule has 0 saturated heterocycles. The van der Waals surface area contributed by atoms with Crippen LogP contribution in [0.1, 0.15) is 143 Å². The third-order valence-electron chi connectivity index (χ3n) is 10.7. The Bertz CT molecular complexity index is 1320. The van der Waals surface area contributed by atoms with Crippen molar-refractivity contribution in [3.05, 3.63) is 130 Å². The first-order chi connectivity index (χ1) is 21.9. The summed E-state index contributed by atoms with van der Waals surface area (Å²) in [5, 5.41) is 0. The maximum absolute atomic E-state index is 6.05. The van der Waals surface area contributed by atoms with Crippen molar-refractivity contribution >= 4 is 11.4 Å². The Balaban J connectivity index is 1.45. The van der Waals surface area contributed by atoms with Gasteiger partial charge in [0.1, 0.15) is 0 Å². The average molecular weight is 601 g/mol. The molecule has 45 heavy (non-hydrogen) atoms. The number of benzene rings is 4. The van der Waals surface area contributed by atoms with Gasteiger partial charge in [0, 0.05) is 28.6 Å². The molecule has 1 aliphatic carbocycles. The second-order valence-electron chi connectivity index (χ2n) is 13.9. The van der Waals surface area contributed by atoms with Gasteiger partial charge >= 0.3 is 0 Å². The number of rotatable bonds is 14. The minimum atomic E-state index is 0.0708. The monoisotopic (exact) mass is 600 g/mol. The average Bonchev–Trinajstić information content (AvgIpc) is 3.07. The molecular formula is C43H56N2. The Hall–Kier alpha value is -3.52. The Morgan fingerprint density at radius 3 is 1.20 bits per heavy atom. The summed E-state index contributed by atoms with van der Waals surface area (Å²) in [6, 6.07) is 36.7. The predicted molar refractivity (Wildman–Crippen MR) is 195 cm³/mol. The molecule has 0 radical (unpaired) electrons. The maximum atomic E-state index is 6.05. The molecule has 2 atom stereocenters. The van der Waals surface area contributed by atoms with Crippen LogP contribution in [-0.2, 0) is 5.41 Å². The molecule has 4 aromatic rings. The zero-order valence-corrected chi connectivity index (χ0v) is 28.1. The molecule has 238 valence electrons. The lowest BCUT2D eigenvalue weighted by molar-refractivity contribution is 0.280. The minimum Gasteiger partial charge on any atom is -0.399 e. The first kappa shape index (κ1) is 32.9. The minimum absolute atomic E-state index is 0.0708. The zero-order valence-electron chi connectivity index (χ0n) is 28.1. The molecule has 2 unspecified atom stereocenters. The van der Waals surface area contributed by atoms with E-state index in [0.717, 1.165) is 17.3 Å². The molecule has 0 aliphatic heterocycles. The lowest BCUT2D eigenvalue weighted by atomic mass is 9.63. The molecule has 1 saturated carbocycles. The summed E-state index contributed by atoms with van der Waals surface area (Å²) in [6.07, 6.45) is 14.9. The van der Waals surface area contributed by atoms with Gasteiger partial charge in [0.15, 0.2) is 0 Å². The van der Waals surface area contributed by atoms with E-state index in [1.807, 2.05) is 0 Å². The number of nitrogen functional groups attached to an aromatic ring is 2. The van der Waals surface area contributed by atoms with Gasteiger partial charge in [-0.1, -0.05) is 132 Å². The van der Waals surface area contributed by atoms with Gasteiger partial charge in [-0.2, -0.15) is 0 Å². The van der Waals surface area contributed by atoms with Gasteiger partial charge in [0.05, 0.1) is 0 Å². The quantitative estimate of drug-likeness (QED) is 0.112. The van der Waals surface area contributed by atoms with Crippen molar-refractivity contribution < 1.29 is 0 Å². The number of unbranched alkanes of at least 4 members (excludes halogenated alkanes) is 4. The smallest absolute Gasteiger partial charge is 0.0314 e. The number of hydrogen-bond acceptors (Lipinski definition) is 2. The third-order valence-corrected chi connectivity index (χ3v) is 10.7. The maximum Gasteiger partial charge on any atom is 0.0314 e. The topological polar surface area (TPSA) is 52.0 Å². The predicted octanol–water partition coefficient (Wildman–Crippen LogP) is 11.8. The molecule has 1 fully saturated rings. The van der Waals surface area contributed by atoms with E-state index in [1.165, 1.54) is 110 Å². The second-order valence-corrected chi connectivity index (χ2v) is 13.9. The van der Waals surface area contributed by atoms with Gasteiger partial charge in [-0.05, 0) is 102 Å². The molecular weight excluding hydrogens is 544 g/mol. The fourth-order valence-corrected chi connectivity index (χ4v) is 7.77. The lowest BCUT2D eigenvalue weighted by Gasteiger charge is -2.41. The molecule has 2 heteroatoms. The lowest BCUT2D eigenvalue weighted by Crippen LogP contribution is -2.32. The molecule has 5 rings (SSSR count). The van der Waals surface area contributed by atoms with Crippen molar-refractivity contribution in [2.45, 2.75) is 115 Å². The standard InChI is InChI=1S/C43H56N2/c1-4-6-8-10-41(35-16-24-39(44)25-17-35)33-12-20-37(21-13-33)43(30-28-32(3)29-31-43)38-22-14-34(15-23-38)42(11-9-7-5-2)36-18-26-40(45)27-19-36/h12-27,32,41-42H,4-11,28-31,44-45H2,1-3H3. The highest BCUT2D eigenvalue weighted by atomic mass is 14.5. The van der Waals surface area contributed by atoms with Crippen LogP contribution in [0.5, 0.6) is 0 Å². The van der Waals surface area contributed by atoms with Crippen LogP contribution in [0.15, 0.2) is 97.1 Å². The highest BCUT2D eigenvalue weighted by Crippen LogP contribution is 2.47. The third kappa shape index (κ3) is 8.01. The van der Waals surface area contributed by atoms with Gasteiger partial charge in [-0.3, -0.25) is 0 Å². The fourth-order valence-electron chi connectivity index (χ4n) is 7.77. The van der Waals surface area contributed by atoms with Crippen LogP contribution in [0.3, 0.4) is 0 Å². The highest BCUT2D eigenvalue weighted by Gasteiger charge is 2.37. The van der Waals surface area contributed by atoms with Crippen LogP contribution in [0.25, 0.3) is 0 Å². The number of anilines is 2. The van der Waals surface area contributed by atoms with E-state index >= 15 is 0 Å². The van der Waals surface area contributed by atoms with Gasteiger partial charge in [0.2, 0.25) is 0 Å². The molecule has 0 aromatic heterocycles. The fraction of sp³-hybridized carbons (Fsp3) is 0.442. The molecule has 0 bridgehead atoms. The molecule has 2 nitrogen and oxygen atoms in total. The van der Waals surface area contributed by atoms with Crippen molar-refractivity contribution in [1.29, 1.82) is 0 Å². The van der Waals surface area contributed by atoms with E-state index in [2.05, 4.69) is 118 Å². The van der Waals surface area contributed by atoms with Gasteiger partial charge in [-0.15, -0.1) is 0 Å². The van der Waals surface area contributed by atoms with E-state index in [4.69, 9.17) is 11.5 Å². The second kappa shape index (κ2) is 15.7. The molecule has 0 spiro atoms. The SMILES string of the molecule is CCCCCC(c1ccc(N)cc1)c1ccc(C2(c3ccc(C(CCCCC)c4ccc(N)cc4)cc3)CCC(C)CC2)cc1. The molecule has 0 amide bonds. The molecule has 1 aliphatic rings. The summed E-state index contributed by atoms with van der Waals surface area (Å²) < 4.78 is 0. The normalized spacial score (nSPS) is 19.7. The van der Waals surface area contributed by atoms with E-state index in [9.17, 15) is 0 Å². The van der Waals surface area contributed by atoms with Crippen LogP contribution in [0.2, 0.25) is 0 Å². The first-order valence-electron chi connectivity index (χ1n) is 17.8. The first-order valence-corrected chi connectivity index (χ1v) is 17.8. The van der Waals surface area contributed by atoms with E-state index in [0.29, 0.717) is 11.8 Å². The van der Waals surface area contributed by atoms with Crippen molar-refractivity contribution in [1.82, 2.24) is 0 Å². The summed E-state index contributed by atoms with van der Waals surface area (Å²) in [5.74, 6) is 1.61. The Kier molecular flexibility index (Phi) is 11.4.